The van der Waals surface area contributed by atoms with Gasteiger partial charge in [-0.15, -0.1) is 0 Å². The first-order valence-corrected chi connectivity index (χ1v) is 8.03. The molecule has 0 amide bonds. The van der Waals surface area contributed by atoms with Gasteiger partial charge in [0.2, 0.25) is 0 Å². The summed E-state index contributed by atoms with van der Waals surface area (Å²) in [5.41, 5.74) is 2.23. The number of aryl methyl sites for hydroxylation is 2. The Morgan fingerprint density at radius 3 is 2.54 bits per heavy atom. The number of hydrogen-bond acceptors (Lipinski definition) is 6. The van der Waals surface area contributed by atoms with Crippen molar-refractivity contribution in [3.05, 3.63) is 69.6 Å². The number of benzene rings is 2. The van der Waals surface area contributed by atoms with Crippen molar-refractivity contribution >= 4 is 16.9 Å². The van der Waals surface area contributed by atoms with Gasteiger partial charge in [-0.25, -0.2) is 9.59 Å². The number of carbonyl (C=O) groups is 1. The van der Waals surface area contributed by atoms with Crippen LogP contribution in [0.3, 0.4) is 0 Å². The van der Waals surface area contributed by atoms with E-state index in [1.165, 1.54) is 18.2 Å². The van der Waals surface area contributed by atoms with Crippen molar-refractivity contribution in [1.82, 2.24) is 0 Å². The van der Waals surface area contributed by atoms with Crippen LogP contribution in [0.25, 0.3) is 11.0 Å². The van der Waals surface area contributed by atoms with E-state index >= 15 is 0 Å². The van der Waals surface area contributed by atoms with E-state index in [2.05, 4.69) is 0 Å². The summed E-state index contributed by atoms with van der Waals surface area (Å²) in [6.45, 7) is 3.56. The molecule has 0 aliphatic rings. The molecule has 2 aromatic carbocycles. The number of aromatic hydroxyl groups is 1. The van der Waals surface area contributed by atoms with Crippen molar-refractivity contribution in [3.8, 4) is 11.5 Å². The minimum atomic E-state index is -0.583. The zero-order chi connectivity index (χ0) is 18.7. The third-order valence-corrected chi connectivity index (χ3v) is 3.75. The fraction of sp³-hybridized carbons (Fsp3) is 0.200. The molecule has 3 rings (SSSR count). The molecule has 0 radical (unpaired) electrons. The second kappa shape index (κ2) is 7.31. The number of phenols is 1. The first-order chi connectivity index (χ1) is 12.4. The van der Waals surface area contributed by atoms with E-state index in [0.29, 0.717) is 16.7 Å². The lowest BCUT2D eigenvalue weighted by atomic mass is 10.1. The highest BCUT2D eigenvalue weighted by Gasteiger charge is 2.10. The Hall–Kier alpha value is -3.28. The van der Waals surface area contributed by atoms with Gasteiger partial charge in [-0.1, -0.05) is 6.07 Å². The lowest BCUT2D eigenvalue weighted by Gasteiger charge is -2.09. The number of rotatable bonds is 5. The summed E-state index contributed by atoms with van der Waals surface area (Å²) in [5, 5.41) is 10.1. The van der Waals surface area contributed by atoms with Gasteiger partial charge in [0.15, 0.2) is 6.61 Å². The van der Waals surface area contributed by atoms with Gasteiger partial charge < -0.3 is 19.0 Å². The van der Waals surface area contributed by atoms with Crippen LogP contribution in [-0.4, -0.2) is 17.7 Å². The number of hydrogen-bond donors (Lipinski definition) is 1. The summed E-state index contributed by atoms with van der Waals surface area (Å²) < 4.78 is 15.7. The largest absolute Gasteiger partial charge is 0.508 e. The highest BCUT2D eigenvalue weighted by atomic mass is 16.6. The molecular weight excluding hydrogens is 336 g/mol. The Balaban J connectivity index is 1.66. The SMILES string of the molecule is Cc1cc(C)cc(OCC(=O)OCc2cc(=O)oc3cc(O)ccc23)c1. The van der Waals surface area contributed by atoms with Crippen LogP contribution in [0.4, 0.5) is 0 Å². The minimum absolute atomic E-state index is 0.0170. The van der Waals surface area contributed by atoms with Crippen LogP contribution >= 0.6 is 0 Å². The van der Waals surface area contributed by atoms with Crippen LogP contribution in [-0.2, 0) is 16.1 Å². The lowest BCUT2D eigenvalue weighted by molar-refractivity contribution is -0.147. The molecule has 6 nitrogen and oxygen atoms in total. The first kappa shape index (κ1) is 17.5. The highest BCUT2D eigenvalue weighted by Crippen LogP contribution is 2.22. The van der Waals surface area contributed by atoms with E-state index in [1.807, 2.05) is 32.0 Å². The molecule has 1 aromatic heterocycles. The maximum atomic E-state index is 11.9. The number of fused-ring (bicyclic) bond motifs is 1. The maximum absolute atomic E-state index is 11.9. The second-order valence-electron chi connectivity index (χ2n) is 6.04. The van der Waals surface area contributed by atoms with Crippen LogP contribution in [0.15, 0.2) is 51.7 Å². The van der Waals surface area contributed by atoms with Gasteiger partial charge in [0.25, 0.3) is 0 Å². The fourth-order valence-electron chi connectivity index (χ4n) is 2.70. The average molecular weight is 354 g/mol. The predicted molar refractivity (Wildman–Crippen MR) is 95.4 cm³/mol. The van der Waals surface area contributed by atoms with Gasteiger partial charge >= 0.3 is 11.6 Å². The van der Waals surface area contributed by atoms with Gasteiger partial charge in [-0.05, 0) is 49.2 Å². The monoisotopic (exact) mass is 354 g/mol. The first-order valence-electron chi connectivity index (χ1n) is 8.03. The van der Waals surface area contributed by atoms with E-state index < -0.39 is 11.6 Å². The Kier molecular flexibility index (Phi) is 4.93. The zero-order valence-corrected chi connectivity index (χ0v) is 14.4. The highest BCUT2D eigenvalue weighted by molar-refractivity contribution is 5.81. The van der Waals surface area contributed by atoms with E-state index in [9.17, 15) is 14.7 Å². The average Bonchev–Trinajstić information content (AvgIpc) is 2.56. The molecule has 0 bridgehead atoms. The van der Waals surface area contributed by atoms with Gasteiger partial charge in [0.1, 0.15) is 23.7 Å². The zero-order valence-electron chi connectivity index (χ0n) is 14.4. The number of carbonyl (C=O) groups excluding carboxylic acids is 1. The van der Waals surface area contributed by atoms with Crippen LogP contribution < -0.4 is 10.4 Å². The fourth-order valence-corrected chi connectivity index (χ4v) is 2.70. The molecule has 1 N–H and O–H groups in total. The molecule has 26 heavy (non-hydrogen) atoms. The van der Waals surface area contributed by atoms with Crippen LogP contribution in [0.1, 0.15) is 16.7 Å². The quantitative estimate of drug-likeness (QED) is 0.559. The Bertz CT molecular complexity index is 998. The van der Waals surface area contributed by atoms with Crippen molar-refractivity contribution < 1.29 is 23.8 Å². The van der Waals surface area contributed by atoms with Gasteiger partial charge in [0.05, 0.1) is 0 Å². The number of ether oxygens (including phenoxy) is 2. The van der Waals surface area contributed by atoms with Gasteiger partial charge in [-0.2, -0.15) is 0 Å². The number of esters is 1. The molecule has 0 aliphatic carbocycles. The van der Waals surface area contributed by atoms with E-state index in [0.717, 1.165) is 11.1 Å². The summed E-state index contributed by atoms with van der Waals surface area (Å²) in [4.78, 5) is 23.6. The van der Waals surface area contributed by atoms with Crippen LogP contribution in [0, 0.1) is 13.8 Å². The van der Waals surface area contributed by atoms with Crippen molar-refractivity contribution in [1.29, 1.82) is 0 Å². The Labute approximate surface area is 149 Å². The molecule has 0 aliphatic heterocycles. The summed E-state index contributed by atoms with van der Waals surface area (Å²) in [6.07, 6.45) is 0. The van der Waals surface area contributed by atoms with Crippen molar-refractivity contribution in [2.75, 3.05) is 6.61 Å². The molecule has 0 spiro atoms. The number of phenolic OH excluding ortho intramolecular Hbond substituents is 1. The molecule has 0 unspecified atom stereocenters. The Morgan fingerprint density at radius 1 is 1.08 bits per heavy atom. The normalized spacial score (nSPS) is 10.7. The maximum Gasteiger partial charge on any atom is 0.344 e. The molecule has 0 fully saturated rings. The van der Waals surface area contributed by atoms with Crippen molar-refractivity contribution in [2.45, 2.75) is 20.5 Å². The summed E-state index contributed by atoms with van der Waals surface area (Å²) in [6, 6.07) is 11.3. The summed E-state index contributed by atoms with van der Waals surface area (Å²) in [5.74, 6) is 0.0294. The molecule has 6 heteroatoms. The lowest BCUT2D eigenvalue weighted by Crippen LogP contribution is -2.15. The van der Waals surface area contributed by atoms with Gasteiger partial charge in [0, 0.05) is 23.1 Å². The summed E-state index contributed by atoms with van der Waals surface area (Å²) in [7, 11) is 0. The molecule has 3 aromatic rings. The smallest absolute Gasteiger partial charge is 0.344 e. The second-order valence-corrected chi connectivity index (χ2v) is 6.04. The molecule has 134 valence electrons. The molecular formula is C20H18O6. The van der Waals surface area contributed by atoms with Crippen LogP contribution in [0.2, 0.25) is 0 Å². The van der Waals surface area contributed by atoms with E-state index in [-0.39, 0.29) is 24.5 Å². The summed E-state index contributed by atoms with van der Waals surface area (Å²) >= 11 is 0. The van der Waals surface area contributed by atoms with E-state index in [1.54, 1.807) is 6.07 Å². The topological polar surface area (TPSA) is 86.0 Å². The standard InChI is InChI=1S/C20H18O6/c1-12-5-13(2)7-16(6-12)24-11-20(23)25-10-14-8-19(22)26-18-9-15(21)3-4-17(14)18/h3-9,21H,10-11H2,1-2H3. The van der Waals surface area contributed by atoms with Gasteiger partial charge in [-0.3, -0.25) is 0 Å². The molecule has 1 heterocycles. The van der Waals surface area contributed by atoms with Crippen molar-refractivity contribution in [3.63, 3.8) is 0 Å². The molecule has 0 atom stereocenters. The predicted octanol–water partition coefficient (Wildman–Crippen LogP) is 3.24. The van der Waals surface area contributed by atoms with E-state index in [4.69, 9.17) is 13.9 Å². The third kappa shape index (κ3) is 4.22. The molecule has 0 saturated carbocycles. The molecule has 0 saturated heterocycles. The van der Waals surface area contributed by atoms with Crippen molar-refractivity contribution in [2.24, 2.45) is 0 Å². The third-order valence-electron chi connectivity index (χ3n) is 3.75. The minimum Gasteiger partial charge on any atom is -0.508 e. The van der Waals surface area contributed by atoms with Crippen LogP contribution in [0.5, 0.6) is 11.5 Å². The Morgan fingerprint density at radius 2 is 1.81 bits per heavy atom.